The molecule has 1 heterocycles. The second-order valence-electron chi connectivity index (χ2n) is 3.26. The molecule has 0 N–H and O–H groups in total. The molecule has 0 atom stereocenters. The molecule has 5 heteroatoms. The van der Waals surface area contributed by atoms with Crippen LogP contribution in [0.3, 0.4) is 0 Å². The van der Waals surface area contributed by atoms with Crippen molar-refractivity contribution in [2.45, 2.75) is 37.8 Å². The molecule has 15 heavy (non-hydrogen) atoms. The maximum Gasteiger partial charge on any atom is 0.283 e. The lowest BCUT2D eigenvalue weighted by molar-refractivity contribution is 0.448. The summed E-state index contributed by atoms with van der Waals surface area (Å²) in [5, 5.41) is 0.552. The minimum Gasteiger partial charge on any atom is -0.307 e. The summed E-state index contributed by atoms with van der Waals surface area (Å²) in [6.45, 7) is 4.18. The van der Waals surface area contributed by atoms with E-state index in [0.29, 0.717) is 5.03 Å². The average molecular weight is 291 g/mol. The first-order valence-corrected chi connectivity index (χ1v) is 6.98. The van der Waals surface area contributed by atoms with Gasteiger partial charge in [-0.15, -0.1) is 11.8 Å². The quantitative estimate of drug-likeness (QED) is 0.800. The molecule has 0 bridgehead atoms. The summed E-state index contributed by atoms with van der Waals surface area (Å²) in [7, 11) is 0. The molecule has 0 saturated heterocycles. The van der Waals surface area contributed by atoms with Gasteiger partial charge in [-0.3, -0.25) is 4.79 Å². The van der Waals surface area contributed by atoms with Gasteiger partial charge in [0.25, 0.3) is 5.56 Å². The molecule has 0 unspecified atom stereocenters. The summed E-state index contributed by atoms with van der Waals surface area (Å²) in [6.07, 6.45) is 5.56. The van der Waals surface area contributed by atoms with Crippen LogP contribution in [0.2, 0.25) is 0 Å². The van der Waals surface area contributed by atoms with E-state index < -0.39 is 0 Å². The summed E-state index contributed by atoms with van der Waals surface area (Å²) in [5.74, 6) is 0. The van der Waals surface area contributed by atoms with Gasteiger partial charge in [-0.05, 0) is 35.0 Å². The van der Waals surface area contributed by atoms with Gasteiger partial charge in [-0.1, -0.05) is 13.8 Å². The molecule has 0 spiro atoms. The van der Waals surface area contributed by atoms with Crippen LogP contribution in [0.4, 0.5) is 0 Å². The van der Waals surface area contributed by atoms with Crippen LogP contribution in [0.5, 0.6) is 0 Å². The lowest BCUT2D eigenvalue weighted by Crippen LogP contribution is -2.26. The maximum atomic E-state index is 12.0. The molecule has 0 radical (unpaired) electrons. The Kier molecular flexibility index (Phi) is 4.86. The summed E-state index contributed by atoms with van der Waals surface area (Å²) < 4.78 is 2.50. The Hall–Kier alpha value is -0.290. The lowest BCUT2D eigenvalue weighted by Gasteiger charge is -2.16. The van der Waals surface area contributed by atoms with E-state index in [2.05, 4.69) is 34.8 Å². The van der Waals surface area contributed by atoms with Crippen molar-refractivity contribution in [1.82, 2.24) is 9.55 Å². The largest absolute Gasteiger partial charge is 0.307 e. The minimum atomic E-state index is 0.0133. The van der Waals surface area contributed by atoms with Crippen LogP contribution in [0, 0.1) is 0 Å². The topological polar surface area (TPSA) is 34.9 Å². The molecule has 0 amide bonds. The Morgan fingerprint density at radius 3 is 2.60 bits per heavy atom. The number of thioether (sulfide) groups is 1. The summed E-state index contributed by atoms with van der Waals surface area (Å²) in [4.78, 5) is 16.1. The van der Waals surface area contributed by atoms with Crippen LogP contribution >= 0.6 is 27.7 Å². The van der Waals surface area contributed by atoms with E-state index >= 15 is 0 Å². The first-order valence-electron chi connectivity index (χ1n) is 4.96. The standard InChI is InChI=1S/C10H15BrN2OS/c1-4-7(5-2)13-6-8(11)12-9(15-3)10(13)14/h6-7H,4-5H2,1-3H3. The van der Waals surface area contributed by atoms with Crippen molar-refractivity contribution < 1.29 is 0 Å². The molecule has 0 aliphatic rings. The number of halogens is 1. The molecule has 84 valence electrons. The molecule has 0 aliphatic carbocycles. The molecule has 0 aromatic carbocycles. The Bertz CT molecular complexity index is 387. The van der Waals surface area contributed by atoms with E-state index in [1.165, 1.54) is 11.8 Å². The third kappa shape index (κ3) is 2.84. The van der Waals surface area contributed by atoms with Gasteiger partial charge in [0.05, 0.1) is 0 Å². The summed E-state index contributed by atoms with van der Waals surface area (Å²) in [5.41, 5.74) is 0.0133. The summed E-state index contributed by atoms with van der Waals surface area (Å²) >= 11 is 4.72. The van der Waals surface area contributed by atoms with Crippen molar-refractivity contribution >= 4 is 27.7 Å². The third-order valence-corrected chi connectivity index (χ3v) is 3.44. The van der Waals surface area contributed by atoms with Crippen molar-refractivity contribution in [3.05, 3.63) is 21.2 Å². The van der Waals surface area contributed by atoms with Crippen molar-refractivity contribution in [2.24, 2.45) is 0 Å². The van der Waals surface area contributed by atoms with Gasteiger partial charge in [-0.2, -0.15) is 0 Å². The highest BCUT2D eigenvalue weighted by Crippen LogP contribution is 2.17. The van der Waals surface area contributed by atoms with Gasteiger partial charge in [0.2, 0.25) is 0 Å². The zero-order chi connectivity index (χ0) is 11.4. The summed E-state index contributed by atoms with van der Waals surface area (Å²) in [6, 6.07) is 0.266. The van der Waals surface area contributed by atoms with Gasteiger partial charge in [0.1, 0.15) is 4.60 Å². The molecule has 0 fully saturated rings. The SMILES string of the molecule is CCC(CC)n1cc(Br)nc(SC)c1=O. The van der Waals surface area contributed by atoms with E-state index in [1.54, 1.807) is 10.8 Å². The van der Waals surface area contributed by atoms with Crippen LogP contribution in [0.15, 0.2) is 20.6 Å². The van der Waals surface area contributed by atoms with Crippen LogP contribution in [-0.4, -0.2) is 15.8 Å². The first-order chi connectivity index (χ1) is 7.13. The van der Waals surface area contributed by atoms with Gasteiger partial charge in [-0.25, -0.2) is 4.98 Å². The van der Waals surface area contributed by atoms with E-state index in [1.807, 2.05) is 6.26 Å². The Morgan fingerprint density at radius 2 is 2.13 bits per heavy atom. The first kappa shape index (κ1) is 12.8. The van der Waals surface area contributed by atoms with E-state index in [9.17, 15) is 4.79 Å². The van der Waals surface area contributed by atoms with Crippen molar-refractivity contribution in [2.75, 3.05) is 6.26 Å². The maximum absolute atomic E-state index is 12.0. The fourth-order valence-electron chi connectivity index (χ4n) is 1.54. The molecule has 1 aromatic rings. The Morgan fingerprint density at radius 1 is 1.53 bits per heavy atom. The van der Waals surface area contributed by atoms with Crippen molar-refractivity contribution in [3.63, 3.8) is 0 Å². The predicted molar refractivity (Wildman–Crippen MR) is 67.6 cm³/mol. The number of nitrogens with zero attached hydrogens (tertiary/aromatic N) is 2. The molecule has 0 aliphatic heterocycles. The zero-order valence-electron chi connectivity index (χ0n) is 9.16. The fraction of sp³-hybridized carbons (Fsp3) is 0.600. The predicted octanol–water partition coefficient (Wildman–Crippen LogP) is 3.09. The van der Waals surface area contributed by atoms with Gasteiger partial charge >= 0.3 is 0 Å². The van der Waals surface area contributed by atoms with E-state index in [-0.39, 0.29) is 11.6 Å². The average Bonchev–Trinajstić information content (AvgIpc) is 2.24. The van der Waals surface area contributed by atoms with Crippen molar-refractivity contribution in [3.8, 4) is 0 Å². The van der Waals surface area contributed by atoms with Gasteiger partial charge < -0.3 is 4.57 Å². The monoisotopic (exact) mass is 290 g/mol. The molecular formula is C10H15BrN2OS. The van der Waals surface area contributed by atoms with E-state index in [0.717, 1.165) is 17.4 Å². The van der Waals surface area contributed by atoms with Crippen LogP contribution in [-0.2, 0) is 0 Å². The van der Waals surface area contributed by atoms with Crippen LogP contribution in [0.25, 0.3) is 0 Å². The number of aromatic nitrogens is 2. The second-order valence-corrected chi connectivity index (χ2v) is 4.86. The molecule has 3 nitrogen and oxygen atoms in total. The van der Waals surface area contributed by atoms with Crippen LogP contribution in [0.1, 0.15) is 32.7 Å². The highest BCUT2D eigenvalue weighted by atomic mass is 79.9. The van der Waals surface area contributed by atoms with Crippen LogP contribution < -0.4 is 5.56 Å². The molecule has 1 aromatic heterocycles. The second kappa shape index (κ2) is 5.70. The van der Waals surface area contributed by atoms with Gasteiger partial charge in [0, 0.05) is 12.2 Å². The van der Waals surface area contributed by atoms with Gasteiger partial charge in [0.15, 0.2) is 5.03 Å². The van der Waals surface area contributed by atoms with Crippen molar-refractivity contribution in [1.29, 1.82) is 0 Å². The molecule has 1 rings (SSSR count). The molecule has 0 saturated carbocycles. The third-order valence-electron chi connectivity index (χ3n) is 2.40. The Labute approximate surface area is 102 Å². The molecular weight excluding hydrogens is 276 g/mol. The minimum absolute atomic E-state index is 0.0133. The number of rotatable bonds is 4. The zero-order valence-corrected chi connectivity index (χ0v) is 11.6. The number of hydrogen-bond acceptors (Lipinski definition) is 3. The fourth-order valence-corrected chi connectivity index (χ4v) is 2.53. The smallest absolute Gasteiger partial charge is 0.283 e. The van der Waals surface area contributed by atoms with E-state index in [4.69, 9.17) is 0 Å². The normalized spacial score (nSPS) is 11.0. The number of hydrogen-bond donors (Lipinski definition) is 0. The highest BCUT2D eigenvalue weighted by molar-refractivity contribution is 9.10. The Balaban J connectivity index is 3.28. The highest BCUT2D eigenvalue weighted by Gasteiger charge is 2.12. The lowest BCUT2D eigenvalue weighted by atomic mass is 10.2.